The van der Waals surface area contributed by atoms with E-state index in [4.69, 9.17) is 9.47 Å². The lowest BCUT2D eigenvalue weighted by atomic mass is 10.2. The van der Waals surface area contributed by atoms with E-state index in [2.05, 4.69) is 26.6 Å². The molecule has 5 nitrogen and oxygen atoms in total. The van der Waals surface area contributed by atoms with Crippen LogP contribution < -0.4 is 20.1 Å². The van der Waals surface area contributed by atoms with Gasteiger partial charge >= 0.3 is 0 Å². The highest BCUT2D eigenvalue weighted by Gasteiger charge is 2.13. The van der Waals surface area contributed by atoms with Gasteiger partial charge in [-0.15, -0.1) is 0 Å². The number of benzene rings is 1. The fourth-order valence-electron chi connectivity index (χ4n) is 1.60. The first-order chi connectivity index (χ1) is 9.03. The van der Waals surface area contributed by atoms with Gasteiger partial charge in [0, 0.05) is 18.1 Å². The molecule has 0 saturated heterocycles. The quantitative estimate of drug-likeness (QED) is 0.833. The number of carbonyl (C=O) groups is 1. The Kier molecular flexibility index (Phi) is 6.11. The van der Waals surface area contributed by atoms with Crippen molar-refractivity contribution in [2.24, 2.45) is 0 Å². The van der Waals surface area contributed by atoms with Crippen LogP contribution in [0.2, 0.25) is 0 Å². The molecule has 1 amide bonds. The van der Waals surface area contributed by atoms with E-state index in [-0.39, 0.29) is 11.9 Å². The van der Waals surface area contributed by atoms with Gasteiger partial charge in [0.25, 0.3) is 0 Å². The van der Waals surface area contributed by atoms with Gasteiger partial charge in [-0.05, 0) is 24.6 Å². The molecule has 2 N–H and O–H groups in total. The Labute approximate surface area is 121 Å². The third kappa shape index (κ3) is 4.11. The predicted molar refractivity (Wildman–Crippen MR) is 77.6 cm³/mol. The normalized spacial score (nSPS) is 11.8. The van der Waals surface area contributed by atoms with Gasteiger partial charge in [-0.3, -0.25) is 4.79 Å². The number of ether oxygens (including phenoxy) is 2. The number of carbonyl (C=O) groups excluding carboxylic acids is 1. The molecule has 0 aliphatic carbocycles. The summed E-state index contributed by atoms with van der Waals surface area (Å²) >= 11 is 3.48. The van der Waals surface area contributed by atoms with Gasteiger partial charge < -0.3 is 20.1 Å². The Hall–Kier alpha value is -1.27. The summed E-state index contributed by atoms with van der Waals surface area (Å²) in [5, 5.41) is 5.74. The van der Waals surface area contributed by atoms with Crippen molar-refractivity contribution in [3.05, 3.63) is 22.2 Å². The summed E-state index contributed by atoms with van der Waals surface area (Å²) < 4.78 is 11.4. The number of nitrogens with one attached hydrogen (secondary N) is 2. The highest BCUT2D eigenvalue weighted by atomic mass is 79.9. The van der Waals surface area contributed by atoms with Crippen molar-refractivity contribution in [1.29, 1.82) is 0 Å². The standard InChI is InChI=1S/C13H19BrN2O3/c1-8(13(17)15-2)16-7-9-5-11(18-3)12(19-4)6-10(9)14/h5-6,8,16H,7H2,1-4H3,(H,15,17). The van der Waals surface area contributed by atoms with Crippen molar-refractivity contribution in [3.63, 3.8) is 0 Å². The molecule has 0 heterocycles. The third-order valence-corrected chi connectivity index (χ3v) is 3.53. The number of halogens is 1. The molecule has 1 aromatic rings. The molecule has 1 rings (SSSR count). The highest BCUT2D eigenvalue weighted by Crippen LogP contribution is 2.33. The van der Waals surface area contributed by atoms with E-state index in [1.165, 1.54) is 0 Å². The molecular formula is C13H19BrN2O3. The van der Waals surface area contributed by atoms with E-state index in [0.717, 1.165) is 10.0 Å². The van der Waals surface area contributed by atoms with Gasteiger partial charge in [0.05, 0.1) is 20.3 Å². The molecule has 6 heteroatoms. The Bertz CT molecular complexity index is 452. The van der Waals surface area contributed by atoms with Crippen LogP contribution in [0.5, 0.6) is 11.5 Å². The second-order valence-electron chi connectivity index (χ2n) is 4.02. The lowest BCUT2D eigenvalue weighted by Crippen LogP contribution is -2.40. The Morgan fingerprint density at radius 1 is 1.32 bits per heavy atom. The molecule has 0 aliphatic heterocycles. The minimum Gasteiger partial charge on any atom is -0.493 e. The van der Waals surface area contributed by atoms with Crippen LogP contribution in [0.4, 0.5) is 0 Å². The van der Waals surface area contributed by atoms with Gasteiger partial charge in [-0.25, -0.2) is 0 Å². The molecule has 1 unspecified atom stereocenters. The molecule has 19 heavy (non-hydrogen) atoms. The lowest BCUT2D eigenvalue weighted by molar-refractivity contribution is -0.122. The topological polar surface area (TPSA) is 59.6 Å². The molecule has 0 spiro atoms. The van der Waals surface area contributed by atoms with Crippen LogP contribution in [0.3, 0.4) is 0 Å². The summed E-state index contributed by atoms with van der Waals surface area (Å²) in [5.41, 5.74) is 0.994. The second kappa shape index (κ2) is 7.35. The van der Waals surface area contributed by atoms with Crippen LogP contribution in [-0.2, 0) is 11.3 Å². The number of rotatable bonds is 6. The van der Waals surface area contributed by atoms with E-state index in [1.54, 1.807) is 21.3 Å². The second-order valence-corrected chi connectivity index (χ2v) is 4.87. The summed E-state index contributed by atoms with van der Waals surface area (Å²) in [7, 11) is 4.80. The summed E-state index contributed by atoms with van der Waals surface area (Å²) in [6, 6.07) is 3.47. The first kappa shape index (κ1) is 15.8. The zero-order valence-corrected chi connectivity index (χ0v) is 13.1. The third-order valence-electron chi connectivity index (χ3n) is 2.79. The zero-order valence-electron chi connectivity index (χ0n) is 11.5. The van der Waals surface area contributed by atoms with Crippen molar-refractivity contribution in [2.75, 3.05) is 21.3 Å². The number of likely N-dealkylation sites (N-methyl/N-ethyl adjacent to an activating group) is 1. The molecule has 1 aromatic carbocycles. The Morgan fingerprint density at radius 3 is 2.42 bits per heavy atom. The van der Waals surface area contributed by atoms with Crippen molar-refractivity contribution in [2.45, 2.75) is 19.5 Å². The first-order valence-corrected chi connectivity index (χ1v) is 6.68. The summed E-state index contributed by atoms with van der Waals surface area (Å²) in [6.45, 7) is 2.36. The Morgan fingerprint density at radius 2 is 1.89 bits per heavy atom. The molecule has 0 aliphatic rings. The molecule has 0 aromatic heterocycles. The molecule has 0 bridgehead atoms. The van der Waals surface area contributed by atoms with Crippen LogP contribution in [0, 0.1) is 0 Å². The maximum Gasteiger partial charge on any atom is 0.236 e. The van der Waals surface area contributed by atoms with Gasteiger partial charge in [0.2, 0.25) is 5.91 Å². The number of methoxy groups -OCH3 is 2. The maximum atomic E-state index is 11.4. The van der Waals surface area contributed by atoms with E-state index in [1.807, 2.05) is 19.1 Å². The lowest BCUT2D eigenvalue weighted by Gasteiger charge is -2.15. The van der Waals surface area contributed by atoms with E-state index >= 15 is 0 Å². The van der Waals surface area contributed by atoms with Crippen molar-refractivity contribution < 1.29 is 14.3 Å². The minimum atomic E-state index is -0.259. The fourth-order valence-corrected chi connectivity index (χ4v) is 2.07. The smallest absolute Gasteiger partial charge is 0.236 e. The minimum absolute atomic E-state index is 0.0448. The maximum absolute atomic E-state index is 11.4. The highest BCUT2D eigenvalue weighted by molar-refractivity contribution is 9.10. The van der Waals surface area contributed by atoms with Crippen LogP contribution in [-0.4, -0.2) is 33.2 Å². The summed E-state index contributed by atoms with van der Waals surface area (Å²) in [4.78, 5) is 11.4. The van der Waals surface area contributed by atoms with E-state index in [9.17, 15) is 4.79 Å². The van der Waals surface area contributed by atoms with Crippen LogP contribution in [0.25, 0.3) is 0 Å². The van der Waals surface area contributed by atoms with Crippen LogP contribution >= 0.6 is 15.9 Å². The van der Waals surface area contributed by atoms with E-state index < -0.39 is 0 Å². The van der Waals surface area contributed by atoms with E-state index in [0.29, 0.717) is 18.0 Å². The number of hydrogen-bond donors (Lipinski definition) is 2. The monoisotopic (exact) mass is 330 g/mol. The average molecular weight is 331 g/mol. The number of amides is 1. The van der Waals surface area contributed by atoms with Crippen LogP contribution in [0.15, 0.2) is 16.6 Å². The molecule has 0 radical (unpaired) electrons. The van der Waals surface area contributed by atoms with Crippen molar-refractivity contribution in [3.8, 4) is 11.5 Å². The largest absolute Gasteiger partial charge is 0.493 e. The molecule has 106 valence electrons. The zero-order chi connectivity index (χ0) is 14.4. The average Bonchev–Trinajstić information content (AvgIpc) is 2.44. The van der Waals surface area contributed by atoms with Crippen molar-refractivity contribution in [1.82, 2.24) is 10.6 Å². The van der Waals surface area contributed by atoms with Gasteiger partial charge in [0.15, 0.2) is 11.5 Å². The predicted octanol–water partition coefficient (Wildman–Crippen LogP) is 1.69. The van der Waals surface area contributed by atoms with Gasteiger partial charge in [0.1, 0.15) is 0 Å². The van der Waals surface area contributed by atoms with Gasteiger partial charge in [-0.1, -0.05) is 15.9 Å². The first-order valence-electron chi connectivity index (χ1n) is 5.88. The van der Waals surface area contributed by atoms with Crippen LogP contribution in [0.1, 0.15) is 12.5 Å². The SMILES string of the molecule is CNC(=O)C(C)NCc1cc(OC)c(OC)cc1Br. The molecule has 1 atom stereocenters. The van der Waals surface area contributed by atoms with Gasteiger partial charge in [-0.2, -0.15) is 0 Å². The number of hydrogen-bond acceptors (Lipinski definition) is 4. The summed E-state index contributed by atoms with van der Waals surface area (Å²) in [5.74, 6) is 1.28. The molecular weight excluding hydrogens is 312 g/mol. The van der Waals surface area contributed by atoms with Crippen molar-refractivity contribution >= 4 is 21.8 Å². The summed E-state index contributed by atoms with van der Waals surface area (Å²) in [6.07, 6.45) is 0. The molecule has 0 saturated carbocycles. The fraction of sp³-hybridized carbons (Fsp3) is 0.462. The molecule has 0 fully saturated rings. The Balaban J connectivity index is 2.81.